The Morgan fingerprint density at radius 1 is 1.24 bits per heavy atom. The lowest BCUT2D eigenvalue weighted by Crippen LogP contribution is -2.13. The molecule has 1 aromatic carbocycles. The monoisotopic (exact) mass is 299 g/mol. The van der Waals surface area contributed by atoms with Crippen molar-refractivity contribution in [2.24, 2.45) is 0 Å². The highest BCUT2D eigenvalue weighted by atomic mass is 32.2. The zero-order chi connectivity index (χ0) is 14.7. The Hall–Kier alpha value is -1.92. The number of benzene rings is 1. The largest absolute Gasteiger partial charge is 0.313 e. The molecule has 0 amide bonds. The van der Waals surface area contributed by atoms with Crippen LogP contribution < -0.4 is 5.32 Å². The number of fused-ring (bicyclic) bond motifs is 1. The van der Waals surface area contributed by atoms with E-state index in [9.17, 15) is 0 Å². The third-order valence-electron chi connectivity index (χ3n) is 3.09. The van der Waals surface area contributed by atoms with Crippen LogP contribution in [0.15, 0.2) is 40.5 Å². The number of hydrogen-bond donors (Lipinski definition) is 2. The molecule has 0 saturated carbocycles. The second-order valence-corrected chi connectivity index (χ2v) is 5.69. The summed E-state index contributed by atoms with van der Waals surface area (Å²) in [7, 11) is 0. The van der Waals surface area contributed by atoms with Crippen molar-refractivity contribution in [1.29, 1.82) is 0 Å². The first kappa shape index (κ1) is 14.0. The molecule has 0 aliphatic rings. The molecule has 21 heavy (non-hydrogen) atoms. The lowest BCUT2D eigenvalue weighted by molar-refractivity contribution is 0.713. The first-order chi connectivity index (χ1) is 10.3. The Morgan fingerprint density at radius 3 is 2.86 bits per heavy atom. The average Bonchev–Trinajstić information content (AvgIpc) is 2.90. The van der Waals surface area contributed by atoms with Crippen molar-refractivity contribution in [2.75, 3.05) is 6.54 Å². The van der Waals surface area contributed by atoms with Crippen LogP contribution in [-0.4, -0.2) is 26.7 Å². The lowest BCUT2D eigenvalue weighted by Gasteiger charge is -2.09. The number of hydrogen-bond acceptors (Lipinski definition) is 5. The normalized spacial score (nSPS) is 11.1. The van der Waals surface area contributed by atoms with E-state index in [1.165, 1.54) is 17.3 Å². The van der Waals surface area contributed by atoms with Crippen molar-refractivity contribution in [3.05, 3.63) is 41.7 Å². The third kappa shape index (κ3) is 3.22. The molecule has 0 aliphatic heterocycles. The summed E-state index contributed by atoms with van der Waals surface area (Å²) in [5.74, 6) is 0.812. The van der Waals surface area contributed by atoms with Gasteiger partial charge in [-0.3, -0.25) is 5.10 Å². The maximum absolute atomic E-state index is 4.76. The van der Waals surface area contributed by atoms with Crippen LogP contribution in [0.5, 0.6) is 0 Å². The SMILES string of the molecule is CCNCc1cc2ccccc2nc1Sc1n[nH]c(C)n1. The van der Waals surface area contributed by atoms with Gasteiger partial charge in [-0.05, 0) is 42.9 Å². The third-order valence-corrected chi connectivity index (χ3v) is 4.01. The smallest absolute Gasteiger partial charge is 0.214 e. The van der Waals surface area contributed by atoms with Gasteiger partial charge in [0.2, 0.25) is 5.16 Å². The molecular formula is C15H17N5S. The first-order valence-corrected chi connectivity index (χ1v) is 7.74. The van der Waals surface area contributed by atoms with E-state index in [-0.39, 0.29) is 0 Å². The molecule has 2 aromatic heterocycles. The highest BCUT2D eigenvalue weighted by Gasteiger charge is 2.11. The van der Waals surface area contributed by atoms with Gasteiger partial charge in [-0.25, -0.2) is 9.97 Å². The van der Waals surface area contributed by atoms with Gasteiger partial charge in [0.05, 0.1) is 5.52 Å². The molecule has 0 saturated heterocycles. The maximum atomic E-state index is 4.76. The summed E-state index contributed by atoms with van der Waals surface area (Å²) in [4.78, 5) is 9.11. The molecule has 0 spiro atoms. The van der Waals surface area contributed by atoms with Crippen molar-refractivity contribution in [3.63, 3.8) is 0 Å². The summed E-state index contributed by atoms with van der Waals surface area (Å²) in [6.45, 7) is 5.71. The number of pyridine rings is 1. The first-order valence-electron chi connectivity index (χ1n) is 6.92. The fourth-order valence-electron chi connectivity index (χ4n) is 2.07. The predicted octanol–water partition coefficient (Wildman–Crippen LogP) is 2.92. The molecule has 0 bridgehead atoms. The topological polar surface area (TPSA) is 66.5 Å². The standard InChI is InChI=1S/C15H17N5S/c1-3-16-9-12-8-11-6-4-5-7-13(11)18-14(12)21-15-17-10(2)19-20-15/h4-8,16H,3,9H2,1-2H3,(H,17,19,20). The van der Waals surface area contributed by atoms with Gasteiger partial charge in [0.1, 0.15) is 10.9 Å². The zero-order valence-corrected chi connectivity index (χ0v) is 12.9. The van der Waals surface area contributed by atoms with Crippen LogP contribution in [0.1, 0.15) is 18.3 Å². The lowest BCUT2D eigenvalue weighted by atomic mass is 10.1. The van der Waals surface area contributed by atoms with Crippen LogP contribution in [0.3, 0.4) is 0 Å². The maximum Gasteiger partial charge on any atom is 0.214 e. The van der Waals surface area contributed by atoms with E-state index in [4.69, 9.17) is 4.98 Å². The van der Waals surface area contributed by atoms with Crippen LogP contribution in [0.4, 0.5) is 0 Å². The van der Waals surface area contributed by atoms with Crippen LogP contribution in [0.25, 0.3) is 10.9 Å². The second kappa shape index (κ2) is 6.24. The Labute approximate surface area is 127 Å². The molecule has 0 fully saturated rings. The Balaban J connectivity index is 2.00. The molecule has 5 nitrogen and oxygen atoms in total. The van der Waals surface area contributed by atoms with Crippen molar-refractivity contribution >= 4 is 22.7 Å². The van der Waals surface area contributed by atoms with Crippen molar-refractivity contribution in [1.82, 2.24) is 25.5 Å². The number of aromatic amines is 1. The fraction of sp³-hybridized carbons (Fsp3) is 0.267. The predicted molar refractivity (Wildman–Crippen MR) is 84.4 cm³/mol. The summed E-state index contributed by atoms with van der Waals surface area (Å²) in [6, 6.07) is 10.3. The molecular weight excluding hydrogens is 282 g/mol. The Kier molecular flexibility index (Phi) is 4.17. The molecule has 0 radical (unpaired) electrons. The van der Waals surface area contributed by atoms with Crippen molar-refractivity contribution in [2.45, 2.75) is 30.6 Å². The van der Waals surface area contributed by atoms with Gasteiger partial charge < -0.3 is 5.32 Å². The van der Waals surface area contributed by atoms with Gasteiger partial charge >= 0.3 is 0 Å². The molecule has 0 unspecified atom stereocenters. The van der Waals surface area contributed by atoms with E-state index in [0.29, 0.717) is 5.16 Å². The fourth-order valence-corrected chi connectivity index (χ4v) is 2.92. The zero-order valence-electron chi connectivity index (χ0n) is 12.1. The summed E-state index contributed by atoms with van der Waals surface area (Å²) >= 11 is 1.50. The quantitative estimate of drug-likeness (QED) is 0.758. The minimum Gasteiger partial charge on any atom is -0.313 e. The molecule has 3 rings (SSSR count). The van der Waals surface area contributed by atoms with E-state index < -0.39 is 0 Å². The van der Waals surface area contributed by atoms with E-state index in [1.807, 2.05) is 25.1 Å². The average molecular weight is 299 g/mol. The number of nitrogens with zero attached hydrogens (tertiary/aromatic N) is 3. The van der Waals surface area contributed by atoms with Gasteiger partial charge in [-0.2, -0.15) is 0 Å². The summed E-state index contributed by atoms with van der Waals surface area (Å²) < 4.78 is 0. The van der Waals surface area contributed by atoms with E-state index >= 15 is 0 Å². The van der Waals surface area contributed by atoms with Gasteiger partial charge in [-0.15, -0.1) is 5.10 Å². The van der Waals surface area contributed by atoms with Gasteiger partial charge in [-0.1, -0.05) is 25.1 Å². The molecule has 2 N–H and O–H groups in total. The van der Waals surface area contributed by atoms with E-state index in [0.717, 1.165) is 34.8 Å². The van der Waals surface area contributed by atoms with Gasteiger partial charge in [0, 0.05) is 11.9 Å². The highest BCUT2D eigenvalue weighted by Crippen LogP contribution is 2.29. The van der Waals surface area contributed by atoms with Crippen molar-refractivity contribution in [3.8, 4) is 0 Å². The number of H-pyrrole nitrogens is 1. The van der Waals surface area contributed by atoms with Gasteiger partial charge in [0.15, 0.2) is 0 Å². The summed E-state index contributed by atoms with van der Waals surface area (Å²) in [5.41, 5.74) is 2.16. The van der Waals surface area contributed by atoms with Crippen molar-refractivity contribution < 1.29 is 0 Å². The number of rotatable bonds is 5. The molecule has 0 aliphatic carbocycles. The van der Waals surface area contributed by atoms with Crippen LogP contribution in [0.2, 0.25) is 0 Å². The Bertz CT molecular complexity index is 753. The van der Waals surface area contributed by atoms with Crippen LogP contribution in [0, 0.1) is 6.92 Å². The number of nitrogens with one attached hydrogen (secondary N) is 2. The minimum atomic E-state index is 0.702. The van der Waals surface area contributed by atoms with Crippen LogP contribution >= 0.6 is 11.8 Å². The van der Waals surface area contributed by atoms with E-state index in [1.54, 1.807) is 0 Å². The number of para-hydroxylation sites is 1. The summed E-state index contributed by atoms with van der Waals surface area (Å²) in [6.07, 6.45) is 0. The molecule has 108 valence electrons. The van der Waals surface area contributed by atoms with Crippen LogP contribution in [-0.2, 0) is 6.54 Å². The molecule has 2 heterocycles. The number of aryl methyl sites for hydroxylation is 1. The van der Waals surface area contributed by atoms with E-state index in [2.05, 4.69) is 39.6 Å². The second-order valence-electron chi connectivity index (χ2n) is 4.73. The summed E-state index contributed by atoms with van der Waals surface area (Å²) in [5, 5.41) is 13.2. The number of aromatic nitrogens is 4. The minimum absolute atomic E-state index is 0.702. The molecule has 6 heteroatoms. The highest BCUT2D eigenvalue weighted by molar-refractivity contribution is 7.99. The molecule has 0 atom stereocenters. The Morgan fingerprint density at radius 2 is 2.10 bits per heavy atom. The van der Waals surface area contributed by atoms with Gasteiger partial charge in [0.25, 0.3) is 0 Å². The molecule has 3 aromatic rings.